The molecule has 1 rings (SSSR count). The molecule has 0 aliphatic rings. The first-order chi connectivity index (χ1) is 8.52. The molecule has 19 heavy (non-hydrogen) atoms. The van der Waals surface area contributed by atoms with Crippen LogP contribution in [0.5, 0.6) is 0 Å². The van der Waals surface area contributed by atoms with E-state index in [0.29, 0.717) is 6.07 Å². The number of hydrogen-bond donors (Lipinski definition) is 1. The van der Waals surface area contributed by atoms with Crippen molar-refractivity contribution >= 4 is 15.8 Å². The summed E-state index contributed by atoms with van der Waals surface area (Å²) in [7, 11) is -4.52. The summed E-state index contributed by atoms with van der Waals surface area (Å²) in [6.07, 6.45) is -5.65. The maximum atomic E-state index is 12.7. The number of nitro benzene ring substituents is 1. The van der Waals surface area contributed by atoms with Crippen molar-refractivity contribution in [3.8, 4) is 0 Å². The molecule has 10 heteroatoms. The third-order valence-electron chi connectivity index (χ3n) is 2.26. The van der Waals surface area contributed by atoms with Crippen LogP contribution in [0.4, 0.5) is 18.9 Å². The quantitative estimate of drug-likeness (QED) is 0.521. The molecule has 0 fully saturated rings. The van der Waals surface area contributed by atoms with Crippen molar-refractivity contribution in [1.82, 2.24) is 0 Å². The Kier molecular flexibility index (Phi) is 4.15. The largest absolute Gasteiger partial charge is 0.416 e. The van der Waals surface area contributed by atoms with Crippen LogP contribution >= 0.6 is 0 Å². The first kappa shape index (κ1) is 15.4. The molecule has 1 N–H and O–H groups in total. The van der Waals surface area contributed by atoms with Gasteiger partial charge in [-0.25, -0.2) is 0 Å². The number of alkyl halides is 3. The minimum atomic E-state index is -4.85. The highest BCUT2D eigenvalue weighted by Crippen LogP contribution is 2.36. The van der Waals surface area contributed by atoms with Gasteiger partial charge in [0.1, 0.15) is 0 Å². The van der Waals surface area contributed by atoms with E-state index < -0.39 is 50.2 Å². The monoisotopic (exact) mass is 299 g/mol. The summed E-state index contributed by atoms with van der Waals surface area (Å²) in [4.78, 5) is 9.62. The molecule has 0 bridgehead atoms. The molecule has 1 aromatic carbocycles. The molecule has 106 valence electrons. The van der Waals surface area contributed by atoms with Crippen molar-refractivity contribution in [1.29, 1.82) is 0 Å². The van der Waals surface area contributed by atoms with E-state index in [0.717, 1.165) is 12.1 Å². The van der Waals surface area contributed by atoms with Gasteiger partial charge in [-0.05, 0) is 12.5 Å². The molecule has 0 heterocycles. The Bertz CT molecular complexity index is 596. The highest BCUT2D eigenvalue weighted by molar-refractivity contribution is 7.85. The molecule has 0 saturated heterocycles. The first-order valence-electron chi connectivity index (χ1n) is 4.81. The van der Waals surface area contributed by atoms with E-state index in [9.17, 15) is 31.7 Å². The molecule has 0 atom stereocenters. The van der Waals surface area contributed by atoms with Gasteiger partial charge in [-0.2, -0.15) is 21.6 Å². The van der Waals surface area contributed by atoms with Crippen molar-refractivity contribution in [3.63, 3.8) is 0 Å². The summed E-state index contributed by atoms with van der Waals surface area (Å²) < 4.78 is 67.7. The molecule has 0 aliphatic carbocycles. The zero-order valence-corrected chi connectivity index (χ0v) is 10.0. The summed E-state index contributed by atoms with van der Waals surface area (Å²) in [5.41, 5.74) is -2.89. The molecule has 0 unspecified atom stereocenters. The Labute approximate surface area is 105 Å². The van der Waals surface area contributed by atoms with Gasteiger partial charge in [0, 0.05) is 11.6 Å². The van der Waals surface area contributed by atoms with Crippen molar-refractivity contribution in [2.75, 3.05) is 5.75 Å². The molecule has 0 spiro atoms. The fraction of sp³-hybridized carbons (Fsp3) is 0.333. The maximum absolute atomic E-state index is 12.7. The highest BCUT2D eigenvalue weighted by Gasteiger charge is 2.36. The number of nitrogens with zero attached hydrogens (tertiary/aromatic N) is 1. The molecule has 0 aromatic heterocycles. The van der Waals surface area contributed by atoms with Crippen LogP contribution in [-0.2, 0) is 22.7 Å². The van der Waals surface area contributed by atoms with E-state index >= 15 is 0 Å². The topological polar surface area (TPSA) is 97.5 Å². The lowest BCUT2D eigenvalue weighted by molar-refractivity contribution is -0.385. The third kappa shape index (κ3) is 4.17. The Morgan fingerprint density at radius 3 is 2.32 bits per heavy atom. The number of hydrogen-bond acceptors (Lipinski definition) is 4. The summed E-state index contributed by atoms with van der Waals surface area (Å²) in [5.74, 6) is -1.03. The second kappa shape index (κ2) is 5.13. The van der Waals surface area contributed by atoms with Gasteiger partial charge in [0.25, 0.3) is 15.8 Å². The molecular formula is C9H8F3NO5S. The standard InChI is InChI=1S/C9H8F3NO5S/c10-9(11,12)7-2-1-3-8(13(14)15)6(7)4-5-19(16,17)18/h1-3H,4-5H2,(H,16,17,18). The molecule has 0 amide bonds. The predicted molar refractivity (Wildman–Crippen MR) is 58.2 cm³/mol. The Balaban J connectivity index is 3.34. The van der Waals surface area contributed by atoms with Gasteiger partial charge in [-0.1, -0.05) is 6.07 Å². The van der Waals surface area contributed by atoms with Gasteiger partial charge in [0.2, 0.25) is 0 Å². The van der Waals surface area contributed by atoms with E-state index in [-0.39, 0.29) is 0 Å². The summed E-state index contributed by atoms with van der Waals surface area (Å²) in [6, 6.07) is 2.32. The zero-order valence-electron chi connectivity index (χ0n) is 9.22. The van der Waals surface area contributed by atoms with Gasteiger partial charge in [0.15, 0.2) is 0 Å². The second-order valence-corrected chi connectivity index (χ2v) is 5.17. The molecular weight excluding hydrogens is 291 g/mol. The summed E-state index contributed by atoms with van der Waals surface area (Å²) in [6.45, 7) is 0. The maximum Gasteiger partial charge on any atom is 0.416 e. The van der Waals surface area contributed by atoms with Crippen LogP contribution < -0.4 is 0 Å². The fourth-order valence-corrected chi connectivity index (χ4v) is 1.97. The van der Waals surface area contributed by atoms with Crippen LogP contribution in [0.15, 0.2) is 18.2 Å². The lowest BCUT2D eigenvalue weighted by Crippen LogP contribution is -2.15. The molecule has 6 nitrogen and oxygen atoms in total. The normalized spacial score (nSPS) is 12.4. The van der Waals surface area contributed by atoms with E-state index in [2.05, 4.69) is 0 Å². The smallest absolute Gasteiger partial charge is 0.286 e. The van der Waals surface area contributed by atoms with Crippen LogP contribution in [-0.4, -0.2) is 23.6 Å². The van der Waals surface area contributed by atoms with E-state index in [1.165, 1.54) is 0 Å². The van der Waals surface area contributed by atoms with Crippen LogP contribution in [0.25, 0.3) is 0 Å². The average molecular weight is 299 g/mol. The van der Waals surface area contributed by atoms with Crippen LogP contribution in [0, 0.1) is 10.1 Å². The number of rotatable bonds is 4. The lowest BCUT2D eigenvalue weighted by Gasteiger charge is -2.12. The van der Waals surface area contributed by atoms with Gasteiger partial charge in [-0.3, -0.25) is 14.7 Å². The zero-order chi connectivity index (χ0) is 14.8. The second-order valence-electron chi connectivity index (χ2n) is 3.59. The van der Waals surface area contributed by atoms with Gasteiger partial charge in [0.05, 0.1) is 16.2 Å². The predicted octanol–water partition coefficient (Wildman–Crippen LogP) is 2.04. The Morgan fingerprint density at radius 2 is 1.89 bits per heavy atom. The van der Waals surface area contributed by atoms with Crippen LogP contribution in [0.3, 0.4) is 0 Å². The minimum Gasteiger partial charge on any atom is -0.286 e. The molecule has 0 saturated carbocycles. The van der Waals surface area contributed by atoms with Crippen LogP contribution in [0.1, 0.15) is 11.1 Å². The van der Waals surface area contributed by atoms with Crippen molar-refractivity contribution in [2.24, 2.45) is 0 Å². The van der Waals surface area contributed by atoms with E-state index in [1.807, 2.05) is 0 Å². The SMILES string of the molecule is O=[N+]([O-])c1cccc(C(F)(F)F)c1CCS(=O)(=O)O. The van der Waals surface area contributed by atoms with Gasteiger partial charge in [-0.15, -0.1) is 0 Å². The van der Waals surface area contributed by atoms with Gasteiger partial charge < -0.3 is 0 Å². The number of benzene rings is 1. The average Bonchev–Trinajstić information content (AvgIpc) is 2.23. The number of halogens is 3. The van der Waals surface area contributed by atoms with Crippen molar-refractivity contribution < 1.29 is 31.1 Å². The van der Waals surface area contributed by atoms with E-state index in [4.69, 9.17) is 4.55 Å². The first-order valence-corrected chi connectivity index (χ1v) is 6.42. The van der Waals surface area contributed by atoms with E-state index in [1.54, 1.807) is 0 Å². The molecule has 1 aromatic rings. The van der Waals surface area contributed by atoms with Crippen LogP contribution in [0.2, 0.25) is 0 Å². The molecule has 0 aliphatic heterocycles. The minimum absolute atomic E-state index is 0.617. The Morgan fingerprint density at radius 1 is 1.32 bits per heavy atom. The third-order valence-corrected chi connectivity index (χ3v) is 2.98. The highest BCUT2D eigenvalue weighted by atomic mass is 32.2. The summed E-state index contributed by atoms with van der Waals surface area (Å²) >= 11 is 0. The fourth-order valence-electron chi connectivity index (χ4n) is 1.51. The Hall–Kier alpha value is -1.68. The number of nitro groups is 1. The van der Waals surface area contributed by atoms with Crippen molar-refractivity contribution in [3.05, 3.63) is 39.4 Å². The summed E-state index contributed by atoms with van der Waals surface area (Å²) in [5, 5.41) is 10.7. The lowest BCUT2D eigenvalue weighted by atomic mass is 10.0. The van der Waals surface area contributed by atoms with Gasteiger partial charge >= 0.3 is 6.18 Å². The van der Waals surface area contributed by atoms with Crippen molar-refractivity contribution in [2.45, 2.75) is 12.6 Å². The molecule has 0 radical (unpaired) electrons.